The molecule has 3 rings (SSSR count). The van der Waals surface area contributed by atoms with Crippen LogP contribution in [0.2, 0.25) is 0 Å². The van der Waals surface area contributed by atoms with Gasteiger partial charge in [-0.1, -0.05) is 0 Å². The quantitative estimate of drug-likeness (QED) is 0.902. The zero-order valence-electron chi connectivity index (χ0n) is 12.1. The first kappa shape index (κ1) is 15.0. The fourth-order valence-corrected chi connectivity index (χ4v) is 5.49. The number of likely N-dealkylation sites (tertiary alicyclic amines) is 2. The van der Waals surface area contributed by atoms with Gasteiger partial charge in [-0.3, -0.25) is 4.90 Å². The summed E-state index contributed by atoms with van der Waals surface area (Å²) in [5.74, 6) is 0.833. The molecule has 0 spiro atoms. The standard InChI is InChI=1S/C15H24BrN3S/c1-18-7-2-3-11-10-19(8-6-12(11)18)13(9-17)14-4-5-15(16)20-14/h4-5,11-13H,2-3,6-10,17H2,1H3. The number of nitrogens with zero attached hydrogens (tertiary/aromatic N) is 2. The molecule has 3 nitrogen and oxygen atoms in total. The average molecular weight is 358 g/mol. The molecule has 0 bridgehead atoms. The monoisotopic (exact) mass is 357 g/mol. The van der Waals surface area contributed by atoms with E-state index in [1.807, 2.05) is 11.3 Å². The predicted octanol–water partition coefficient (Wildman–Crippen LogP) is 2.93. The van der Waals surface area contributed by atoms with E-state index in [0.717, 1.165) is 18.5 Å². The van der Waals surface area contributed by atoms with Crippen molar-refractivity contribution in [1.29, 1.82) is 0 Å². The van der Waals surface area contributed by atoms with Crippen molar-refractivity contribution in [1.82, 2.24) is 9.80 Å². The lowest BCUT2D eigenvalue weighted by atomic mass is 9.83. The number of hydrogen-bond acceptors (Lipinski definition) is 4. The van der Waals surface area contributed by atoms with E-state index in [2.05, 4.69) is 44.9 Å². The van der Waals surface area contributed by atoms with Crippen LogP contribution in [0.4, 0.5) is 0 Å². The topological polar surface area (TPSA) is 32.5 Å². The highest BCUT2D eigenvalue weighted by Crippen LogP contribution is 2.36. The second-order valence-electron chi connectivity index (χ2n) is 6.13. The van der Waals surface area contributed by atoms with E-state index >= 15 is 0 Å². The molecule has 20 heavy (non-hydrogen) atoms. The van der Waals surface area contributed by atoms with E-state index in [1.165, 1.54) is 47.6 Å². The Bertz CT molecular complexity index is 450. The Morgan fingerprint density at radius 3 is 2.95 bits per heavy atom. The van der Waals surface area contributed by atoms with E-state index < -0.39 is 0 Å². The number of halogens is 1. The van der Waals surface area contributed by atoms with Gasteiger partial charge in [0.1, 0.15) is 0 Å². The Morgan fingerprint density at radius 2 is 2.25 bits per heavy atom. The van der Waals surface area contributed by atoms with Gasteiger partial charge in [-0.15, -0.1) is 11.3 Å². The molecule has 5 heteroatoms. The normalized spacial score (nSPS) is 30.1. The number of hydrogen-bond donors (Lipinski definition) is 1. The molecule has 3 unspecified atom stereocenters. The molecule has 0 amide bonds. The Labute approximate surface area is 134 Å². The fourth-order valence-electron chi connectivity index (χ4n) is 3.92. The summed E-state index contributed by atoms with van der Waals surface area (Å²) in [6.07, 6.45) is 4.03. The van der Waals surface area contributed by atoms with Gasteiger partial charge in [0.05, 0.1) is 9.83 Å². The summed E-state index contributed by atoms with van der Waals surface area (Å²) in [5.41, 5.74) is 6.08. The van der Waals surface area contributed by atoms with Crippen molar-refractivity contribution in [3.63, 3.8) is 0 Å². The van der Waals surface area contributed by atoms with Gasteiger partial charge in [0, 0.05) is 30.6 Å². The molecule has 2 aliphatic rings. The van der Waals surface area contributed by atoms with Crippen molar-refractivity contribution < 1.29 is 0 Å². The smallest absolute Gasteiger partial charge is 0.0702 e. The highest BCUT2D eigenvalue weighted by Gasteiger charge is 2.36. The maximum absolute atomic E-state index is 6.08. The van der Waals surface area contributed by atoms with Crippen LogP contribution in [0.1, 0.15) is 30.2 Å². The summed E-state index contributed by atoms with van der Waals surface area (Å²) in [6, 6.07) is 5.57. The number of rotatable bonds is 3. The second-order valence-corrected chi connectivity index (χ2v) is 8.62. The Balaban J connectivity index is 1.71. The van der Waals surface area contributed by atoms with Crippen molar-refractivity contribution >= 4 is 27.3 Å². The van der Waals surface area contributed by atoms with Crippen molar-refractivity contribution in [3.8, 4) is 0 Å². The lowest BCUT2D eigenvalue weighted by Gasteiger charge is -2.47. The van der Waals surface area contributed by atoms with Gasteiger partial charge in [-0.05, 0) is 66.8 Å². The van der Waals surface area contributed by atoms with E-state index in [9.17, 15) is 0 Å². The van der Waals surface area contributed by atoms with Crippen LogP contribution >= 0.6 is 27.3 Å². The van der Waals surface area contributed by atoms with Crippen LogP contribution in [-0.2, 0) is 0 Å². The first-order valence-electron chi connectivity index (χ1n) is 7.58. The molecule has 0 aliphatic carbocycles. The van der Waals surface area contributed by atoms with Crippen LogP contribution in [0.3, 0.4) is 0 Å². The minimum Gasteiger partial charge on any atom is -0.329 e. The third-order valence-electron chi connectivity index (χ3n) is 4.96. The minimum absolute atomic E-state index is 0.402. The molecule has 112 valence electrons. The van der Waals surface area contributed by atoms with E-state index in [-0.39, 0.29) is 0 Å². The predicted molar refractivity (Wildman–Crippen MR) is 89.1 cm³/mol. The summed E-state index contributed by atoms with van der Waals surface area (Å²) >= 11 is 5.40. The third kappa shape index (κ3) is 2.97. The zero-order chi connectivity index (χ0) is 14.1. The maximum Gasteiger partial charge on any atom is 0.0702 e. The first-order chi connectivity index (χ1) is 9.69. The molecular formula is C15H24BrN3S. The van der Waals surface area contributed by atoms with Crippen molar-refractivity contribution in [2.75, 3.05) is 33.2 Å². The van der Waals surface area contributed by atoms with Gasteiger partial charge < -0.3 is 10.6 Å². The third-order valence-corrected chi connectivity index (χ3v) is 6.69. The first-order valence-corrected chi connectivity index (χ1v) is 9.19. The Morgan fingerprint density at radius 1 is 1.40 bits per heavy atom. The number of thiophene rings is 1. The SMILES string of the molecule is CN1CCCC2CN(C(CN)c3ccc(Br)s3)CCC21. The zero-order valence-corrected chi connectivity index (χ0v) is 14.5. The molecule has 2 aliphatic heterocycles. The van der Waals surface area contributed by atoms with Gasteiger partial charge in [0.15, 0.2) is 0 Å². The van der Waals surface area contributed by atoms with Crippen LogP contribution in [0.15, 0.2) is 15.9 Å². The van der Waals surface area contributed by atoms with E-state index in [4.69, 9.17) is 5.73 Å². The van der Waals surface area contributed by atoms with Crippen LogP contribution < -0.4 is 5.73 Å². The van der Waals surface area contributed by atoms with Crippen LogP contribution in [0, 0.1) is 5.92 Å². The van der Waals surface area contributed by atoms with Gasteiger partial charge >= 0.3 is 0 Å². The minimum atomic E-state index is 0.402. The molecule has 0 saturated carbocycles. The van der Waals surface area contributed by atoms with Crippen molar-refractivity contribution in [2.24, 2.45) is 11.7 Å². The molecular weight excluding hydrogens is 334 g/mol. The number of piperidine rings is 2. The van der Waals surface area contributed by atoms with Crippen LogP contribution in [-0.4, -0.2) is 49.1 Å². The molecule has 2 N–H and O–H groups in total. The van der Waals surface area contributed by atoms with Gasteiger partial charge in [-0.25, -0.2) is 0 Å². The summed E-state index contributed by atoms with van der Waals surface area (Å²) in [5, 5.41) is 0. The van der Waals surface area contributed by atoms with Gasteiger partial charge in [-0.2, -0.15) is 0 Å². The summed E-state index contributed by atoms with van der Waals surface area (Å²) in [7, 11) is 2.29. The van der Waals surface area contributed by atoms with Gasteiger partial charge in [0.2, 0.25) is 0 Å². The summed E-state index contributed by atoms with van der Waals surface area (Å²) in [6.45, 7) is 4.40. The lowest BCUT2D eigenvalue weighted by Crippen LogP contribution is -2.53. The second kappa shape index (κ2) is 6.44. The van der Waals surface area contributed by atoms with E-state index in [0.29, 0.717) is 6.04 Å². The average Bonchev–Trinajstić information content (AvgIpc) is 2.86. The maximum atomic E-state index is 6.08. The lowest BCUT2D eigenvalue weighted by molar-refractivity contribution is 0.0217. The van der Waals surface area contributed by atoms with Crippen molar-refractivity contribution in [2.45, 2.75) is 31.3 Å². The summed E-state index contributed by atoms with van der Waals surface area (Å²) in [4.78, 5) is 6.60. The molecule has 2 saturated heterocycles. The Kier molecular flexibility index (Phi) is 4.82. The van der Waals surface area contributed by atoms with E-state index in [1.54, 1.807) is 0 Å². The molecule has 1 aromatic heterocycles. The largest absolute Gasteiger partial charge is 0.329 e. The molecule has 2 fully saturated rings. The number of fused-ring (bicyclic) bond motifs is 1. The highest BCUT2D eigenvalue weighted by atomic mass is 79.9. The number of nitrogens with two attached hydrogens (primary N) is 1. The highest BCUT2D eigenvalue weighted by molar-refractivity contribution is 9.11. The molecule has 3 atom stereocenters. The molecule has 0 radical (unpaired) electrons. The fraction of sp³-hybridized carbons (Fsp3) is 0.733. The van der Waals surface area contributed by atoms with Crippen molar-refractivity contribution in [3.05, 3.63) is 20.8 Å². The van der Waals surface area contributed by atoms with Crippen LogP contribution in [0.5, 0.6) is 0 Å². The molecule has 3 heterocycles. The molecule has 1 aromatic rings. The van der Waals surface area contributed by atoms with Crippen LogP contribution in [0.25, 0.3) is 0 Å². The van der Waals surface area contributed by atoms with Gasteiger partial charge in [0.25, 0.3) is 0 Å². The molecule has 0 aromatic carbocycles. The summed E-state index contributed by atoms with van der Waals surface area (Å²) < 4.78 is 1.21. The Hall–Kier alpha value is 0.0600.